The summed E-state index contributed by atoms with van der Waals surface area (Å²) in [5.74, 6) is 0.0961. The number of hydrogen-bond donors (Lipinski definition) is 2. The van der Waals surface area contributed by atoms with Crippen molar-refractivity contribution in [2.24, 2.45) is 0 Å². The number of amides is 1. The summed E-state index contributed by atoms with van der Waals surface area (Å²) in [4.78, 5) is 42.1. The first-order valence-corrected chi connectivity index (χ1v) is 8.75. The second kappa shape index (κ2) is 6.67. The summed E-state index contributed by atoms with van der Waals surface area (Å²) in [5.41, 5.74) is 0.816. The molecule has 3 aromatic rings. The molecule has 1 saturated heterocycles. The number of carbonyl (C=O) groups excluding carboxylic acids is 1. The van der Waals surface area contributed by atoms with Gasteiger partial charge in [-0.25, -0.2) is 4.79 Å². The van der Waals surface area contributed by atoms with Gasteiger partial charge in [0.15, 0.2) is 0 Å². The fraction of sp³-hybridized carbons (Fsp3) is 0.316. The maximum absolute atomic E-state index is 12.6. The maximum atomic E-state index is 12.6. The summed E-state index contributed by atoms with van der Waals surface area (Å²) >= 11 is 0. The van der Waals surface area contributed by atoms with Gasteiger partial charge in [0.2, 0.25) is 5.91 Å². The number of hydrogen-bond acceptors (Lipinski definition) is 3. The molecular weight excluding hydrogens is 332 g/mol. The fourth-order valence-electron chi connectivity index (χ4n) is 3.66. The highest BCUT2D eigenvalue weighted by molar-refractivity contribution is 5.80. The zero-order valence-electron chi connectivity index (χ0n) is 14.3. The number of para-hydroxylation sites is 1. The van der Waals surface area contributed by atoms with Crippen LogP contribution in [0.5, 0.6) is 0 Å². The zero-order chi connectivity index (χ0) is 18.1. The minimum absolute atomic E-state index is 0.00126. The van der Waals surface area contributed by atoms with E-state index in [1.54, 1.807) is 0 Å². The Balaban J connectivity index is 1.40. The van der Waals surface area contributed by atoms with E-state index in [0.717, 1.165) is 11.9 Å². The molecule has 1 aliphatic rings. The monoisotopic (exact) mass is 352 g/mol. The van der Waals surface area contributed by atoms with Crippen LogP contribution in [0.15, 0.2) is 52.2 Å². The summed E-state index contributed by atoms with van der Waals surface area (Å²) < 4.78 is 2.09. The van der Waals surface area contributed by atoms with Crippen LogP contribution in [0.4, 0.5) is 0 Å². The molecule has 1 amide bonds. The first-order valence-electron chi connectivity index (χ1n) is 8.75. The Morgan fingerprint density at radius 3 is 2.85 bits per heavy atom. The number of aromatic nitrogens is 3. The molecule has 2 N–H and O–H groups in total. The molecule has 3 heterocycles. The first kappa shape index (κ1) is 16.4. The summed E-state index contributed by atoms with van der Waals surface area (Å²) in [6.45, 7) is 1.81. The molecule has 0 spiro atoms. The molecule has 26 heavy (non-hydrogen) atoms. The van der Waals surface area contributed by atoms with Crippen molar-refractivity contribution in [1.29, 1.82) is 0 Å². The predicted octanol–water partition coefficient (Wildman–Crippen LogP) is 1.42. The topological polar surface area (TPSA) is 91.0 Å². The van der Waals surface area contributed by atoms with Crippen molar-refractivity contribution < 1.29 is 4.79 Å². The second-order valence-corrected chi connectivity index (χ2v) is 6.69. The molecule has 1 aliphatic heterocycles. The molecule has 134 valence electrons. The molecular formula is C19H20N4O3. The van der Waals surface area contributed by atoms with Crippen LogP contribution in [0.2, 0.25) is 0 Å². The van der Waals surface area contributed by atoms with Gasteiger partial charge >= 0.3 is 5.69 Å². The van der Waals surface area contributed by atoms with Crippen molar-refractivity contribution >= 4 is 16.8 Å². The van der Waals surface area contributed by atoms with E-state index in [1.807, 2.05) is 23.2 Å². The number of rotatable bonds is 4. The minimum atomic E-state index is -0.503. The van der Waals surface area contributed by atoms with Crippen molar-refractivity contribution in [2.45, 2.75) is 25.3 Å². The number of benzene rings is 1. The van der Waals surface area contributed by atoms with Gasteiger partial charge in [-0.05, 0) is 23.9 Å². The van der Waals surface area contributed by atoms with Crippen LogP contribution in [-0.2, 0) is 11.3 Å². The van der Waals surface area contributed by atoms with Crippen molar-refractivity contribution in [1.82, 2.24) is 19.4 Å². The lowest BCUT2D eigenvalue weighted by Gasteiger charge is -2.17. The molecule has 0 saturated carbocycles. The Bertz CT molecular complexity index is 1030. The summed E-state index contributed by atoms with van der Waals surface area (Å²) in [7, 11) is 0. The summed E-state index contributed by atoms with van der Waals surface area (Å²) in [6.07, 6.45) is 3.18. The molecule has 1 atom stereocenters. The fourth-order valence-corrected chi connectivity index (χ4v) is 3.66. The molecule has 0 radical (unpaired) electrons. The lowest BCUT2D eigenvalue weighted by molar-refractivity contribution is -0.130. The van der Waals surface area contributed by atoms with Crippen molar-refractivity contribution in [3.63, 3.8) is 0 Å². The molecule has 7 nitrogen and oxygen atoms in total. The Morgan fingerprint density at radius 2 is 2.00 bits per heavy atom. The van der Waals surface area contributed by atoms with Gasteiger partial charge < -0.3 is 14.5 Å². The van der Waals surface area contributed by atoms with Crippen LogP contribution in [0.25, 0.3) is 10.9 Å². The number of likely N-dealkylation sites (tertiary alicyclic amines) is 1. The third-order valence-corrected chi connectivity index (χ3v) is 5.01. The van der Waals surface area contributed by atoms with Crippen molar-refractivity contribution in [2.75, 3.05) is 13.1 Å². The molecule has 1 fully saturated rings. The van der Waals surface area contributed by atoms with E-state index in [-0.39, 0.29) is 11.8 Å². The average Bonchev–Trinajstić information content (AvgIpc) is 3.26. The lowest BCUT2D eigenvalue weighted by Crippen LogP contribution is -2.30. The smallest absolute Gasteiger partial charge is 0.325 e. The minimum Gasteiger partial charge on any atom is -0.347 e. The third-order valence-electron chi connectivity index (χ3n) is 5.01. The van der Waals surface area contributed by atoms with Crippen LogP contribution in [-0.4, -0.2) is 38.4 Å². The first-order chi connectivity index (χ1) is 12.6. The number of fused-ring (bicyclic) bond motifs is 1. The van der Waals surface area contributed by atoms with Gasteiger partial charge in [0.1, 0.15) is 0 Å². The largest absolute Gasteiger partial charge is 0.347 e. The van der Waals surface area contributed by atoms with E-state index in [2.05, 4.69) is 32.7 Å². The SMILES string of the molecule is O=C(CCn1ccc2ccccc21)N1CCC(c2cc(=O)[nH]c(=O)[nH]2)C1. The van der Waals surface area contributed by atoms with Crippen LogP contribution < -0.4 is 11.2 Å². The molecule has 1 aromatic carbocycles. The molecule has 7 heteroatoms. The van der Waals surface area contributed by atoms with Crippen molar-refractivity contribution in [3.8, 4) is 0 Å². The second-order valence-electron chi connectivity index (χ2n) is 6.69. The molecule has 4 rings (SSSR count). The Kier molecular flexibility index (Phi) is 4.20. The highest BCUT2D eigenvalue weighted by Crippen LogP contribution is 2.25. The number of nitrogens with one attached hydrogen (secondary N) is 2. The van der Waals surface area contributed by atoms with E-state index in [9.17, 15) is 14.4 Å². The molecule has 0 aliphatic carbocycles. The number of carbonyl (C=O) groups is 1. The molecule has 2 aromatic heterocycles. The normalized spacial score (nSPS) is 17.1. The maximum Gasteiger partial charge on any atom is 0.325 e. The Hall–Kier alpha value is -3.09. The standard InChI is InChI=1S/C19H20N4O3/c24-17-11-15(20-19(26)21-17)14-6-9-23(12-14)18(25)7-10-22-8-5-13-3-1-2-4-16(13)22/h1-5,8,11,14H,6-7,9-10,12H2,(H2,20,21,24,26). The highest BCUT2D eigenvalue weighted by Gasteiger charge is 2.28. The van der Waals surface area contributed by atoms with Crippen LogP contribution in [0.1, 0.15) is 24.5 Å². The van der Waals surface area contributed by atoms with Gasteiger partial charge in [0.25, 0.3) is 5.56 Å². The van der Waals surface area contributed by atoms with Gasteiger partial charge in [-0.1, -0.05) is 18.2 Å². The van der Waals surface area contributed by atoms with Gasteiger partial charge in [-0.3, -0.25) is 14.6 Å². The Morgan fingerprint density at radius 1 is 1.15 bits per heavy atom. The lowest BCUT2D eigenvalue weighted by atomic mass is 10.1. The van der Waals surface area contributed by atoms with Gasteiger partial charge in [0, 0.05) is 55.4 Å². The predicted molar refractivity (Wildman–Crippen MR) is 98.2 cm³/mol. The van der Waals surface area contributed by atoms with Gasteiger partial charge in [-0.2, -0.15) is 0 Å². The molecule has 0 bridgehead atoms. The van der Waals surface area contributed by atoms with E-state index in [0.29, 0.717) is 31.7 Å². The number of aromatic amines is 2. The summed E-state index contributed by atoms with van der Waals surface area (Å²) in [6, 6.07) is 11.6. The number of H-pyrrole nitrogens is 2. The quantitative estimate of drug-likeness (QED) is 0.744. The van der Waals surface area contributed by atoms with E-state index in [4.69, 9.17) is 0 Å². The number of nitrogens with zero attached hydrogens (tertiary/aromatic N) is 2. The highest BCUT2D eigenvalue weighted by atomic mass is 16.2. The summed E-state index contributed by atoms with van der Waals surface area (Å²) in [5, 5.41) is 1.17. The zero-order valence-corrected chi connectivity index (χ0v) is 14.3. The van der Waals surface area contributed by atoms with E-state index in [1.165, 1.54) is 11.5 Å². The number of aryl methyl sites for hydroxylation is 1. The van der Waals surface area contributed by atoms with Crippen LogP contribution in [0.3, 0.4) is 0 Å². The third kappa shape index (κ3) is 3.20. The van der Waals surface area contributed by atoms with Crippen LogP contribution in [0, 0.1) is 0 Å². The molecule has 1 unspecified atom stereocenters. The Labute approximate surface area is 149 Å². The van der Waals surface area contributed by atoms with Crippen molar-refractivity contribution in [3.05, 3.63) is 69.1 Å². The van der Waals surface area contributed by atoms with E-state index >= 15 is 0 Å². The van der Waals surface area contributed by atoms with Crippen LogP contribution >= 0.6 is 0 Å². The van der Waals surface area contributed by atoms with Gasteiger partial charge in [0.05, 0.1) is 0 Å². The van der Waals surface area contributed by atoms with Gasteiger partial charge in [-0.15, -0.1) is 0 Å². The average molecular weight is 352 g/mol. The van der Waals surface area contributed by atoms with E-state index < -0.39 is 11.2 Å².